The summed E-state index contributed by atoms with van der Waals surface area (Å²) in [6, 6.07) is 0. The number of cyclic esters (lactones) is 1. The first kappa shape index (κ1) is 8.72. The predicted octanol–water partition coefficient (Wildman–Crippen LogP) is 0.479. The Labute approximate surface area is 76.5 Å². The number of esters is 1. The van der Waals surface area contributed by atoms with Crippen LogP contribution in [0.5, 0.6) is 0 Å². The van der Waals surface area contributed by atoms with Crippen LogP contribution in [-0.2, 0) is 19.0 Å². The van der Waals surface area contributed by atoms with Gasteiger partial charge in [-0.2, -0.15) is 0 Å². The van der Waals surface area contributed by atoms with E-state index in [2.05, 4.69) is 6.58 Å². The van der Waals surface area contributed by atoms with Crippen LogP contribution in [0.25, 0.3) is 0 Å². The molecule has 0 aromatic heterocycles. The van der Waals surface area contributed by atoms with Gasteiger partial charge in [0.2, 0.25) is 0 Å². The Balaban J connectivity index is 2.26. The van der Waals surface area contributed by atoms with Crippen molar-refractivity contribution in [2.75, 3.05) is 20.3 Å². The number of fused-ring (bicyclic) bond motifs is 1. The third-order valence-electron chi connectivity index (χ3n) is 2.67. The average Bonchev–Trinajstić information content (AvgIpc) is 2.44. The molecule has 2 fully saturated rings. The lowest BCUT2D eigenvalue weighted by atomic mass is 9.91. The molecule has 0 aromatic rings. The smallest absolute Gasteiger partial charge is 0.311 e. The largest absolute Gasteiger partial charge is 0.465 e. The fraction of sp³-hybridized carbons (Fsp3) is 0.667. The Morgan fingerprint density at radius 3 is 3.15 bits per heavy atom. The number of carbonyl (C=O) groups excluding carboxylic acids is 1. The van der Waals surface area contributed by atoms with Crippen LogP contribution in [-0.4, -0.2) is 32.1 Å². The summed E-state index contributed by atoms with van der Waals surface area (Å²) in [6.07, 6.45) is 0.160. The van der Waals surface area contributed by atoms with Crippen molar-refractivity contribution in [1.29, 1.82) is 0 Å². The molecule has 2 aliphatic heterocycles. The third-order valence-corrected chi connectivity index (χ3v) is 2.67. The van der Waals surface area contributed by atoms with Crippen molar-refractivity contribution in [2.24, 2.45) is 5.92 Å². The van der Waals surface area contributed by atoms with Gasteiger partial charge in [-0.05, 0) is 5.57 Å². The van der Waals surface area contributed by atoms with E-state index in [9.17, 15) is 4.79 Å². The van der Waals surface area contributed by atoms with Crippen LogP contribution < -0.4 is 0 Å². The molecule has 4 nitrogen and oxygen atoms in total. The maximum Gasteiger partial charge on any atom is 0.311 e. The summed E-state index contributed by atoms with van der Waals surface area (Å²) in [4.78, 5) is 11.1. The standard InChI is InChI=1S/C9H12O4/c1-6-4-13-9(11-2)3-8(10)12-5-7(6)9/h7H,1,3-5H2,2H3. The summed E-state index contributed by atoms with van der Waals surface area (Å²) in [7, 11) is 1.55. The molecular weight excluding hydrogens is 172 g/mol. The molecule has 0 aliphatic carbocycles. The molecule has 72 valence electrons. The van der Waals surface area contributed by atoms with Crippen LogP contribution in [0.2, 0.25) is 0 Å². The second kappa shape index (κ2) is 2.82. The highest BCUT2D eigenvalue weighted by molar-refractivity contribution is 5.71. The Morgan fingerprint density at radius 2 is 2.46 bits per heavy atom. The Hall–Kier alpha value is -0.870. The van der Waals surface area contributed by atoms with Crippen LogP contribution in [0.3, 0.4) is 0 Å². The molecular formula is C9H12O4. The maximum atomic E-state index is 11.1. The zero-order chi connectivity index (χ0) is 9.47. The van der Waals surface area contributed by atoms with Crippen molar-refractivity contribution in [3.05, 3.63) is 12.2 Å². The van der Waals surface area contributed by atoms with E-state index < -0.39 is 5.79 Å². The zero-order valence-corrected chi connectivity index (χ0v) is 7.54. The van der Waals surface area contributed by atoms with Crippen LogP contribution in [0.4, 0.5) is 0 Å². The minimum atomic E-state index is -0.799. The topological polar surface area (TPSA) is 44.8 Å². The molecule has 2 aliphatic rings. The van der Waals surface area contributed by atoms with Crippen LogP contribution in [0.15, 0.2) is 12.2 Å². The van der Waals surface area contributed by atoms with Crippen molar-refractivity contribution >= 4 is 5.97 Å². The summed E-state index contributed by atoms with van der Waals surface area (Å²) in [6.45, 7) is 4.64. The summed E-state index contributed by atoms with van der Waals surface area (Å²) < 4.78 is 15.6. The molecule has 0 amide bonds. The second-order valence-corrected chi connectivity index (χ2v) is 3.38. The molecule has 13 heavy (non-hydrogen) atoms. The lowest BCUT2D eigenvalue weighted by Crippen LogP contribution is -2.46. The van der Waals surface area contributed by atoms with E-state index in [1.807, 2.05) is 0 Å². The van der Waals surface area contributed by atoms with Crippen molar-refractivity contribution < 1.29 is 19.0 Å². The van der Waals surface area contributed by atoms with Crippen molar-refractivity contribution in [3.63, 3.8) is 0 Å². The summed E-state index contributed by atoms with van der Waals surface area (Å²) in [5.41, 5.74) is 0.939. The summed E-state index contributed by atoms with van der Waals surface area (Å²) in [5.74, 6) is -1.07. The molecule has 0 spiro atoms. The van der Waals surface area contributed by atoms with E-state index in [4.69, 9.17) is 14.2 Å². The van der Waals surface area contributed by atoms with Crippen LogP contribution in [0.1, 0.15) is 6.42 Å². The third kappa shape index (κ3) is 1.17. The first-order chi connectivity index (χ1) is 6.18. The fourth-order valence-electron chi connectivity index (χ4n) is 1.85. The highest BCUT2D eigenvalue weighted by atomic mass is 16.7. The second-order valence-electron chi connectivity index (χ2n) is 3.38. The van der Waals surface area contributed by atoms with Gasteiger partial charge in [-0.1, -0.05) is 6.58 Å². The van der Waals surface area contributed by atoms with Gasteiger partial charge in [-0.15, -0.1) is 0 Å². The Bertz CT molecular complexity index is 260. The molecule has 2 heterocycles. The normalized spacial score (nSPS) is 38.7. The van der Waals surface area contributed by atoms with E-state index >= 15 is 0 Å². The molecule has 0 N–H and O–H groups in total. The molecule has 2 rings (SSSR count). The SMILES string of the molecule is C=C1COC2(OC)CC(=O)OCC12. The number of carbonyl (C=O) groups is 1. The van der Waals surface area contributed by atoms with Crippen LogP contribution in [0, 0.1) is 5.92 Å². The van der Waals surface area contributed by atoms with Crippen molar-refractivity contribution in [2.45, 2.75) is 12.2 Å². The lowest BCUT2D eigenvalue weighted by Gasteiger charge is -2.35. The minimum absolute atomic E-state index is 0.00444. The van der Waals surface area contributed by atoms with Gasteiger partial charge in [0, 0.05) is 7.11 Å². The first-order valence-electron chi connectivity index (χ1n) is 4.20. The van der Waals surface area contributed by atoms with Gasteiger partial charge in [0.05, 0.1) is 12.5 Å². The van der Waals surface area contributed by atoms with E-state index in [1.54, 1.807) is 7.11 Å². The molecule has 2 atom stereocenters. The van der Waals surface area contributed by atoms with Gasteiger partial charge >= 0.3 is 5.97 Å². The molecule has 2 unspecified atom stereocenters. The first-order valence-corrected chi connectivity index (χ1v) is 4.20. The number of rotatable bonds is 1. The molecule has 2 saturated heterocycles. The van der Waals surface area contributed by atoms with Gasteiger partial charge in [-0.25, -0.2) is 0 Å². The van der Waals surface area contributed by atoms with Gasteiger partial charge in [-0.3, -0.25) is 4.79 Å². The molecule has 0 saturated carbocycles. The number of hydrogen-bond acceptors (Lipinski definition) is 4. The average molecular weight is 184 g/mol. The quantitative estimate of drug-likeness (QED) is 0.439. The van der Waals surface area contributed by atoms with Crippen molar-refractivity contribution in [1.82, 2.24) is 0 Å². The zero-order valence-electron chi connectivity index (χ0n) is 7.54. The van der Waals surface area contributed by atoms with E-state index in [0.717, 1.165) is 5.57 Å². The minimum Gasteiger partial charge on any atom is -0.465 e. The molecule has 4 heteroatoms. The lowest BCUT2D eigenvalue weighted by molar-refractivity contribution is -0.243. The monoisotopic (exact) mass is 184 g/mol. The van der Waals surface area contributed by atoms with E-state index in [0.29, 0.717) is 13.2 Å². The fourth-order valence-corrected chi connectivity index (χ4v) is 1.85. The molecule has 0 radical (unpaired) electrons. The molecule has 0 aromatic carbocycles. The van der Waals surface area contributed by atoms with E-state index in [1.165, 1.54) is 0 Å². The number of hydrogen-bond donors (Lipinski definition) is 0. The Kier molecular flexibility index (Phi) is 1.89. The summed E-state index contributed by atoms with van der Waals surface area (Å²) >= 11 is 0. The van der Waals surface area contributed by atoms with Gasteiger partial charge in [0.15, 0.2) is 5.79 Å². The number of ether oxygens (including phenoxy) is 3. The van der Waals surface area contributed by atoms with E-state index in [-0.39, 0.29) is 18.3 Å². The van der Waals surface area contributed by atoms with Gasteiger partial charge < -0.3 is 14.2 Å². The number of methoxy groups -OCH3 is 1. The highest BCUT2D eigenvalue weighted by Crippen LogP contribution is 2.41. The van der Waals surface area contributed by atoms with Crippen LogP contribution >= 0.6 is 0 Å². The van der Waals surface area contributed by atoms with Crippen molar-refractivity contribution in [3.8, 4) is 0 Å². The van der Waals surface area contributed by atoms with Gasteiger partial charge in [0.1, 0.15) is 13.0 Å². The molecule has 0 bridgehead atoms. The Morgan fingerprint density at radius 1 is 1.69 bits per heavy atom. The maximum absolute atomic E-state index is 11.1. The highest BCUT2D eigenvalue weighted by Gasteiger charge is 2.52. The predicted molar refractivity (Wildman–Crippen MR) is 43.9 cm³/mol. The summed E-state index contributed by atoms with van der Waals surface area (Å²) in [5, 5.41) is 0. The van der Waals surface area contributed by atoms with Gasteiger partial charge in [0.25, 0.3) is 0 Å².